The molecule has 25 heavy (non-hydrogen) atoms. The minimum absolute atomic E-state index is 0.306. The first-order chi connectivity index (χ1) is 12.1. The Morgan fingerprint density at radius 2 is 1.76 bits per heavy atom. The molecule has 1 saturated heterocycles. The van der Waals surface area contributed by atoms with Crippen molar-refractivity contribution >= 4 is 40.5 Å². The maximum atomic E-state index is 12.6. The van der Waals surface area contributed by atoms with E-state index in [0.717, 1.165) is 13.1 Å². The number of hydrogen-bond acceptors (Lipinski definition) is 3. The van der Waals surface area contributed by atoms with Crippen LogP contribution in [0.5, 0.6) is 5.75 Å². The fourth-order valence-corrected chi connectivity index (χ4v) is 3.61. The molecule has 1 amide bonds. The second-order valence-electron chi connectivity index (χ2n) is 6.02. The van der Waals surface area contributed by atoms with E-state index in [1.165, 1.54) is 32.1 Å². The Bertz CT molecular complexity index is 757. The van der Waals surface area contributed by atoms with Crippen LogP contribution in [0.2, 0.25) is 10.0 Å². The number of rotatable bonds is 4. The molecule has 6 heteroatoms. The summed E-state index contributed by atoms with van der Waals surface area (Å²) in [4.78, 5) is 14.9. The standard InChI is InChI=1S/C19H20Cl2N2O2/c1-25-18-16(11-13(20)12-17(18)21)19(24)22-14-5-7-15(8-6-14)23-9-3-2-4-10-23/h5-8,11-12H,2-4,9-10H2,1H3,(H,22,24). The van der Waals surface area contributed by atoms with Gasteiger partial charge in [0.25, 0.3) is 5.91 Å². The lowest BCUT2D eigenvalue weighted by Crippen LogP contribution is -2.29. The Balaban J connectivity index is 1.75. The van der Waals surface area contributed by atoms with E-state index in [9.17, 15) is 4.79 Å². The molecule has 132 valence electrons. The fraction of sp³-hybridized carbons (Fsp3) is 0.316. The molecule has 0 radical (unpaired) electrons. The Kier molecular flexibility index (Phi) is 5.71. The number of nitrogens with one attached hydrogen (secondary N) is 1. The van der Waals surface area contributed by atoms with Gasteiger partial charge in [-0.3, -0.25) is 4.79 Å². The quantitative estimate of drug-likeness (QED) is 0.790. The number of amides is 1. The molecule has 1 fully saturated rings. The fourth-order valence-electron chi connectivity index (χ4n) is 3.04. The highest BCUT2D eigenvalue weighted by atomic mass is 35.5. The lowest BCUT2D eigenvalue weighted by Gasteiger charge is -2.28. The molecular formula is C19H20Cl2N2O2. The molecule has 0 bridgehead atoms. The van der Waals surface area contributed by atoms with Crippen molar-refractivity contribution in [2.45, 2.75) is 19.3 Å². The van der Waals surface area contributed by atoms with Gasteiger partial charge in [-0.05, 0) is 55.7 Å². The third-order valence-electron chi connectivity index (χ3n) is 4.30. The van der Waals surface area contributed by atoms with Crippen molar-refractivity contribution in [1.82, 2.24) is 0 Å². The van der Waals surface area contributed by atoms with Gasteiger partial charge in [0.05, 0.1) is 17.7 Å². The second-order valence-corrected chi connectivity index (χ2v) is 6.86. The summed E-state index contributed by atoms with van der Waals surface area (Å²) in [5.74, 6) is 0.000441. The van der Waals surface area contributed by atoms with Gasteiger partial charge in [0.15, 0.2) is 0 Å². The van der Waals surface area contributed by atoms with Gasteiger partial charge in [0.2, 0.25) is 0 Å². The van der Waals surface area contributed by atoms with Crippen LogP contribution in [0.25, 0.3) is 0 Å². The van der Waals surface area contributed by atoms with E-state index in [4.69, 9.17) is 27.9 Å². The van der Waals surface area contributed by atoms with Crippen molar-refractivity contribution < 1.29 is 9.53 Å². The maximum absolute atomic E-state index is 12.6. The predicted molar refractivity (Wildman–Crippen MR) is 103 cm³/mol. The summed E-state index contributed by atoms with van der Waals surface area (Å²) in [6.07, 6.45) is 3.76. The van der Waals surface area contributed by atoms with Gasteiger partial charge >= 0.3 is 0 Å². The van der Waals surface area contributed by atoms with E-state index in [-0.39, 0.29) is 5.91 Å². The Morgan fingerprint density at radius 1 is 1.08 bits per heavy atom. The molecule has 3 rings (SSSR count). The average molecular weight is 379 g/mol. The molecule has 2 aromatic carbocycles. The summed E-state index contributed by atoms with van der Waals surface area (Å²) in [5, 5.41) is 3.55. The number of hydrogen-bond donors (Lipinski definition) is 1. The smallest absolute Gasteiger partial charge is 0.259 e. The van der Waals surface area contributed by atoms with Crippen LogP contribution >= 0.6 is 23.2 Å². The van der Waals surface area contributed by atoms with E-state index >= 15 is 0 Å². The minimum atomic E-state index is -0.313. The predicted octanol–water partition coefficient (Wildman–Crippen LogP) is 5.24. The van der Waals surface area contributed by atoms with Crippen LogP contribution in [-0.2, 0) is 0 Å². The summed E-state index contributed by atoms with van der Waals surface area (Å²) < 4.78 is 5.23. The number of methoxy groups -OCH3 is 1. The third kappa shape index (κ3) is 4.20. The van der Waals surface area contributed by atoms with Crippen molar-refractivity contribution in [1.29, 1.82) is 0 Å². The van der Waals surface area contributed by atoms with E-state index in [1.807, 2.05) is 24.3 Å². The monoisotopic (exact) mass is 378 g/mol. The van der Waals surface area contributed by atoms with E-state index < -0.39 is 0 Å². The first-order valence-corrected chi connectivity index (χ1v) is 9.03. The second kappa shape index (κ2) is 7.98. The van der Waals surface area contributed by atoms with Crippen LogP contribution in [-0.4, -0.2) is 26.1 Å². The molecule has 0 atom stereocenters. The number of nitrogens with zero attached hydrogens (tertiary/aromatic N) is 1. The number of halogens is 2. The number of benzene rings is 2. The third-order valence-corrected chi connectivity index (χ3v) is 4.80. The topological polar surface area (TPSA) is 41.6 Å². The van der Waals surface area contributed by atoms with Crippen molar-refractivity contribution in [2.75, 3.05) is 30.4 Å². The highest BCUT2D eigenvalue weighted by Crippen LogP contribution is 2.32. The highest BCUT2D eigenvalue weighted by Gasteiger charge is 2.17. The van der Waals surface area contributed by atoms with Crippen LogP contribution in [0.4, 0.5) is 11.4 Å². The van der Waals surface area contributed by atoms with Crippen molar-refractivity contribution in [2.24, 2.45) is 0 Å². The molecular weight excluding hydrogens is 359 g/mol. The molecule has 0 aromatic heterocycles. The largest absolute Gasteiger partial charge is 0.494 e. The molecule has 0 spiro atoms. The molecule has 4 nitrogen and oxygen atoms in total. The van der Waals surface area contributed by atoms with Crippen LogP contribution in [0, 0.1) is 0 Å². The summed E-state index contributed by atoms with van der Waals surface area (Å²) in [6, 6.07) is 11.0. The van der Waals surface area contributed by atoms with Gasteiger partial charge in [-0.2, -0.15) is 0 Å². The maximum Gasteiger partial charge on any atom is 0.259 e. The molecule has 1 aliphatic rings. The minimum Gasteiger partial charge on any atom is -0.494 e. The zero-order valence-electron chi connectivity index (χ0n) is 14.0. The highest BCUT2D eigenvalue weighted by molar-refractivity contribution is 6.36. The van der Waals surface area contributed by atoms with Crippen LogP contribution in [0.15, 0.2) is 36.4 Å². The summed E-state index contributed by atoms with van der Waals surface area (Å²) in [7, 11) is 1.47. The molecule has 2 aromatic rings. The van der Waals surface area contributed by atoms with E-state index in [1.54, 1.807) is 12.1 Å². The normalized spacial score (nSPS) is 14.3. The number of ether oxygens (including phenoxy) is 1. The van der Waals surface area contributed by atoms with Crippen molar-refractivity contribution in [3.05, 3.63) is 52.0 Å². The van der Waals surface area contributed by atoms with Gasteiger partial charge in [0.1, 0.15) is 5.75 Å². The van der Waals surface area contributed by atoms with Gasteiger partial charge in [-0.1, -0.05) is 23.2 Å². The number of carbonyl (C=O) groups is 1. The lowest BCUT2D eigenvalue weighted by molar-refractivity contribution is 0.102. The van der Waals surface area contributed by atoms with Crippen LogP contribution in [0.3, 0.4) is 0 Å². The molecule has 1 aliphatic heterocycles. The lowest BCUT2D eigenvalue weighted by atomic mass is 10.1. The molecule has 0 aliphatic carbocycles. The SMILES string of the molecule is COc1c(Cl)cc(Cl)cc1C(=O)Nc1ccc(N2CCCCC2)cc1. The first kappa shape index (κ1) is 17.9. The van der Waals surface area contributed by atoms with Crippen molar-refractivity contribution in [3.63, 3.8) is 0 Å². The zero-order chi connectivity index (χ0) is 17.8. The Labute approximate surface area is 157 Å². The molecule has 0 saturated carbocycles. The number of anilines is 2. The van der Waals surface area contributed by atoms with Gasteiger partial charge in [-0.25, -0.2) is 0 Å². The van der Waals surface area contributed by atoms with Gasteiger partial charge in [-0.15, -0.1) is 0 Å². The summed E-state index contributed by atoms with van der Waals surface area (Å²) in [6.45, 7) is 2.17. The van der Waals surface area contributed by atoms with E-state index in [2.05, 4.69) is 10.2 Å². The molecule has 1 N–H and O–H groups in total. The number of piperidine rings is 1. The van der Waals surface area contributed by atoms with Crippen molar-refractivity contribution in [3.8, 4) is 5.75 Å². The summed E-state index contributed by atoms with van der Waals surface area (Å²) in [5.41, 5.74) is 2.20. The Morgan fingerprint density at radius 3 is 2.40 bits per heavy atom. The first-order valence-electron chi connectivity index (χ1n) is 8.28. The number of carbonyl (C=O) groups excluding carboxylic acids is 1. The van der Waals surface area contributed by atoms with Gasteiger partial charge < -0.3 is 15.0 Å². The molecule has 1 heterocycles. The average Bonchev–Trinajstić information content (AvgIpc) is 2.62. The summed E-state index contributed by atoms with van der Waals surface area (Å²) >= 11 is 12.1. The Hall–Kier alpha value is -1.91. The van der Waals surface area contributed by atoms with Gasteiger partial charge in [0, 0.05) is 29.5 Å². The molecule has 0 unspecified atom stereocenters. The zero-order valence-corrected chi connectivity index (χ0v) is 15.5. The van der Waals surface area contributed by atoms with E-state index in [0.29, 0.717) is 27.0 Å². The van der Waals surface area contributed by atoms with Crippen LogP contribution in [0.1, 0.15) is 29.6 Å². The van der Waals surface area contributed by atoms with Crippen LogP contribution < -0.4 is 15.0 Å².